The number of hydrogen-bond donors (Lipinski definition) is 2. The molecule has 2 heterocycles. The SMILES string of the molecule is COc1cc(C(=O)O)c(F)cc1NS(=O)(=O)c1csc(-c2ccc(-c3ccc4ncccc4c3)cc2)n1. The molecule has 2 N–H and O–H groups in total. The fraction of sp³-hybridized carbons (Fsp3) is 0.0385. The Morgan fingerprint density at radius 1 is 1.03 bits per heavy atom. The van der Waals surface area contributed by atoms with Gasteiger partial charge in [-0.1, -0.05) is 36.4 Å². The average Bonchev–Trinajstić information content (AvgIpc) is 3.40. The average molecular weight is 536 g/mol. The first-order chi connectivity index (χ1) is 17.7. The summed E-state index contributed by atoms with van der Waals surface area (Å²) < 4.78 is 47.3. The Bertz CT molecular complexity index is 1750. The predicted molar refractivity (Wildman–Crippen MR) is 139 cm³/mol. The van der Waals surface area contributed by atoms with Crippen LogP contribution in [0.15, 0.2) is 83.3 Å². The van der Waals surface area contributed by atoms with E-state index in [0.29, 0.717) is 5.01 Å². The number of nitrogens with zero attached hydrogens (tertiary/aromatic N) is 2. The van der Waals surface area contributed by atoms with Crippen LogP contribution in [0.5, 0.6) is 5.75 Å². The van der Waals surface area contributed by atoms with E-state index in [2.05, 4.69) is 20.8 Å². The maximum Gasteiger partial charge on any atom is 0.338 e. The van der Waals surface area contributed by atoms with Crippen molar-refractivity contribution in [3.8, 4) is 27.4 Å². The highest BCUT2D eigenvalue weighted by atomic mass is 32.2. The molecule has 0 saturated heterocycles. The van der Waals surface area contributed by atoms with Crippen molar-refractivity contribution in [1.29, 1.82) is 0 Å². The Morgan fingerprint density at radius 2 is 1.76 bits per heavy atom. The van der Waals surface area contributed by atoms with Crippen LogP contribution in [0.4, 0.5) is 10.1 Å². The number of sulfonamides is 1. The van der Waals surface area contributed by atoms with Crippen LogP contribution in [0, 0.1) is 5.82 Å². The maximum atomic E-state index is 14.2. The van der Waals surface area contributed by atoms with E-state index < -0.39 is 27.4 Å². The van der Waals surface area contributed by atoms with Crippen molar-refractivity contribution in [1.82, 2.24) is 9.97 Å². The van der Waals surface area contributed by atoms with Crippen LogP contribution >= 0.6 is 11.3 Å². The third-order valence-corrected chi connectivity index (χ3v) is 7.88. The van der Waals surface area contributed by atoms with E-state index in [1.54, 1.807) is 6.20 Å². The van der Waals surface area contributed by atoms with Gasteiger partial charge in [0.25, 0.3) is 10.0 Å². The van der Waals surface area contributed by atoms with E-state index in [9.17, 15) is 17.6 Å². The largest absolute Gasteiger partial charge is 0.495 e. The quantitative estimate of drug-likeness (QED) is 0.276. The van der Waals surface area contributed by atoms with Crippen LogP contribution in [-0.2, 0) is 10.0 Å². The zero-order valence-electron chi connectivity index (χ0n) is 19.2. The number of anilines is 1. The molecule has 5 aromatic rings. The van der Waals surface area contributed by atoms with Crippen molar-refractivity contribution in [3.05, 3.63) is 89.7 Å². The Labute approximate surface area is 215 Å². The molecule has 3 aromatic carbocycles. The molecule has 0 spiro atoms. The number of methoxy groups -OCH3 is 1. The zero-order chi connectivity index (χ0) is 26.2. The lowest BCUT2D eigenvalue weighted by atomic mass is 10.0. The molecule has 0 unspecified atom stereocenters. The van der Waals surface area contributed by atoms with Gasteiger partial charge in [-0.15, -0.1) is 11.3 Å². The van der Waals surface area contributed by atoms with Gasteiger partial charge in [0.15, 0.2) is 5.03 Å². The van der Waals surface area contributed by atoms with Gasteiger partial charge in [0, 0.05) is 28.6 Å². The van der Waals surface area contributed by atoms with E-state index in [4.69, 9.17) is 9.84 Å². The number of aromatic carboxylic acids is 1. The Kier molecular flexibility index (Phi) is 6.32. The van der Waals surface area contributed by atoms with Crippen molar-refractivity contribution in [2.45, 2.75) is 5.03 Å². The van der Waals surface area contributed by atoms with Gasteiger partial charge in [-0.3, -0.25) is 9.71 Å². The van der Waals surface area contributed by atoms with Gasteiger partial charge in [-0.25, -0.2) is 14.2 Å². The van der Waals surface area contributed by atoms with Crippen LogP contribution in [0.1, 0.15) is 10.4 Å². The minimum Gasteiger partial charge on any atom is -0.495 e. The van der Waals surface area contributed by atoms with Gasteiger partial charge in [0.2, 0.25) is 0 Å². The van der Waals surface area contributed by atoms with Crippen molar-refractivity contribution in [3.63, 3.8) is 0 Å². The summed E-state index contributed by atoms with van der Waals surface area (Å²) in [5, 5.41) is 11.7. The van der Waals surface area contributed by atoms with Crippen molar-refractivity contribution in [2.24, 2.45) is 0 Å². The Morgan fingerprint density at radius 3 is 2.49 bits per heavy atom. The number of hydrogen-bond acceptors (Lipinski definition) is 7. The third kappa shape index (κ3) is 4.86. The molecule has 0 saturated carbocycles. The van der Waals surface area contributed by atoms with Gasteiger partial charge in [0.1, 0.15) is 16.6 Å². The van der Waals surface area contributed by atoms with Crippen LogP contribution < -0.4 is 9.46 Å². The molecule has 0 aliphatic heterocycles. The summed E-state index contributed by atoms with van der Waals surface area (Å²) in [5.41, 5.74) is 2.76. The molecule has 0 amide bonds. The number of pyridine rings is 1. The number of rotatable bonds is 7. The summed E-state index contributed by atoms with van der Waals surface area (Å²) in [6.45, 7) is 0. The third-order valence-electron chi connectivity index (χ3n) is 5.59. The predicted octanol–water partition coefficient (Wildman–Crippen LogP) is 5.67. The number of nitrogens with one attached hydrogen (secondary N) is 1. The fourth-order valence-electron chi connectivity index (χ4n) is 3.74. The van der Waals surface area contributed by atoms with E-state index in [0.717, 1.165) is 51.1 Å². The van der Waals surface area contributed by atoms with Gasteiger partial charge in [0.05, 0.1) is 23.9 Å². The summed E-state index contributed by atoms with van der Waals surface area (Å²) >= 11 is 1.14. The molecule has 0 atom stereocenters. The number of carboxylic acid groups (broad SMARTS) is 1. The number of aromatic nitrogens is 2. The van der Waals surface area contributed by atoms with Crippen molar-refractivity contribution >= 4 is 43.9 Å². The monoisotopic (exact) mass is 535 g/mol. The molecule has 2 aromatic heterocycles. The molecule has 0 bridgehead atoms. The van der Waals surface area contributed by atoms with E-state index in [1.807, 2.05) is 48.5 Å². The number of halogens is 1. The smallest absolute Gasteiger partial charge is 0.338 e. The number of fused-ring (bicyclic) bond motifs is 1. The van der Waals surface area contributed by atoms with Crippen LogP contribution in [0.2, 0.25) is 0 Å². The molecule has 37 heavy (non-hydrogen) atoms. The number of ether oxygens (including phenoxy) is 1. The number of benzene rings is 3. The zero-order valence-corrected chi connectivity index (χ0v) is 20.8. The number of carbonyl (C=O) groups is 1. The van der Waals surface area contributed by atoms with Crippen LogP contribution in [-0.4, -0.2) is 36.6 Å². The number of thiazole rings is 1. The normalized spacial score (nSPS) is 11.4. The molecule has 11 heteroatoms. The number of carboxylic acids is 1. The summed E-state index contributed by atoms with van der Waals surface area (Å²) in [4.78, 5) is 19.7. The highest BCUT2D eigenvalue weighted by Crippen LogP contribution is 2.32. The molecule has 0 aliphatic rings. The molecular formula is C26H18FN3O5S2. The van der Waals surface area contributed by atoms with E-state index in [1.165, 1.54) is 12.5 Å². The second-order valence-corrected chi connectivity index (χ2v) is 10.4. The van der Waals surface area contributed by atoms with Gasteiger partial charge in [-0.05, 0) is 35.4 Å². The maximum absolute atomic E-state index is 14.2. The lowest BCUT2D eigenvalue weighted by Crippen LogP contribution is -2.15. The first-order valence-electron chi connectivity index (χ1n) is 10.8. The standard InChI is InChI=1S/C26H18FN3O5S2/c1-35-23-12-19(26(31)32)20(27)13-22(23)30-37(33,34)24-14-36-25(29-24)16-6-4-15(5-7-16)17-8-9-21-18(11-17)3-2-10-28-21/h2-14,30H,1H3,(H,31,32). The van der Waals surface area contributed by atoms with Gasteiger partial charge in [-0.2, -0.15) is 8.42 Å². The summed E-state index contributed by atoms with van der Waals surface area (Å²) in [6.07, 6.45) is 1.75. The first kappa shape index (κ1) is 24.3. The molecule has 0 radical (unpaired) electrons. The van der Waals surface area contributed by atoms with Gasteiger partial charge < -0.3 is 9.84 Å². The minimum atomic E-state index is -4.21. The van der Waals surface area contributed by atoms with Crippen LogP contribution in [0.3, 0.4) is 0 Å². The fourth-order valence-corrected chi connectivity index (χ4v) is 5.90. The Balaban J connectivity index is 1.39. The van der Waals surface area contributed by atoms with Crippen molar-refractivity contribution < 1.29 is 27.4 Å². The summed E-state index contributed by atoms with van der Waals surface area (Å²) in [6, 6.07) is 19.1. The summed E-state index contributed by atoms with van der Waals surface area (Å²) in [7, 11) is -2.99. The van der Waals surface area contributed by atoms with E-state index in [-0.39, 0.29) is 16.5 Å². The molecule has 5 rings (SSSR count). The second kappa shape index (κ2) is 9.60. The molecular weight excluding hydrogens is 517 g/mol. The topological polar surface area (TPSA) is 118 Å². The first-order valence-corrected chi connectivity index (χ1v) is 13.2. The molecule has 0 aliphatic carbocycles. The lowest BCUT2D eigenvalue weighted by Gasteiger charge is -2.12. The molecule has 186 valence electrons. The highest BCUT2D eigenvalue weighted by molar-refractivity contribution is 7.92. The lowest BCUT2D eigenvalue weighted by molar-refractivity contribution is 0.0691. The molecule has 8 nitrogen and oxygen atoms in total. The van der Waals surface area contributed by atoms with Crippen LogP contribution in [0.25, 0.3) is 32.6 Å². The Hall–Kier alpha value is -4.35. The van der Waals surface area contributed by atoms with Gasteiger partial charge >= 0.3 is 5.97 Å². The van der Waals surface area contributed by atoms with Crippen molar-refractivity contribution in [2.75, 3.05) is 11.8 Å². The highest BCUT2D eigenvalue weighted by Gasteiger charge is 2.23. The summed E-state index contributed by atoms with van der Waals surface area (Å²) in [5.74, 6) is -2.75. The minimum absolute atomic E-state index is 0.141. The second-order valence-electron chi connectivity index (χ2n) is 7.92. The van der Waals surface area contributed by atoms with E-state index >= 15 is 0 Å². The molecule has 0 fully saturated rings.